The zero-order valence-corrected chi connectivity index (χ0v) is 14.2. The van der Waals surface area contributed by atoms with E-state index in [1.54, 1.807) is 0 Å². The minimum atomic E-state index is 0.178. The van der Waals surface area contributed by atoms with Gasteiger partial charge in [0.2, 0.25) is 0 Å². The van der Waals surface area contributed by atoms with Crippen LogP contribution in [0.1, 0.15) is 53.4 Å². The summed E-state index contributed by atoms with van der Waals surface area (Å²) in [4.78, 5) is 0. The molecule has 0 saturated heterocycles. The second kappa shape index (κ2) is 9.67. The predicted octanol–water partition coefficient (Wildman–Crippen LogP) is 4.45. The van der Waals surface area contributed by atoms with Gasteiger partial charge < -0.3 is 15.4 Å². The monoisotopic (exact) mass is 292 g/mol. The molecule has 3 heteroatoms. The molecule has 0 aliphatic heterocycles. The lowest BCUT2D eigenvalue weighted by Gasteiger charge is -2.20. The Bertz CT molecular complexity index is 368. The van der Waals surface area contributed by atoms with Crippen LogP contribution in [0.5, 0.6) is 5.75 Å². The van der Waals surface area contributed by atoms with Crippen LogP contribution in [-0.2, 0) is 0 Å². The van der Waals surface area contributed by atoms with Crippen LogP contribution in [-0.4, -0.2) is 25.2 Å². The maximum absolute atomic E-state index is 5.74. The molecule has 120 valence electrons. The Morgan fingerprint density at radius 2 is 1.67 bits per heavy atom. The number of ether oxygens (including phenoxy) is 1. The number of anilines is 1. The fourth-order valence-electron chi connectivity index (χ4n) is 2.03. The lowest BCUT2D eigenvalue weighted by Crippen LogP contribution is -2.38. The van der Waals surface area contributed by atoms with Crippen LogP contribution < -0.4 is 15.4 Å². The molecule has 3 nitrogen and oxygen atoms in total. The summed E-state index contributed by atoms with van der Waals surface area (Å²) in [5.74, 6) is 0.963. The molecule has 0 aliphatic rings. The van der Waals surface area contributed by atoms with Crippen molar-refractivity contribution in [2.45, 2.75) is 58.9 Å². The lowest BCUT2D eigenvalue weighted by molar-refractivity contribution is 0.305. The smallest absolute Gasteiger partial charge is 0.119 e. The Hall–Kier alpha value is -1.22. The predicted molar refractivity (Wildman–Crippen MR) is 92.3 cm³/mol. The van der Waals surface area contributed by atoms with Crippen LogP contribution in [0.15, 0.2) is 24.3 Å². The van der Waals surface area contributed by atoms with Gasteiger partial charge in [-0.1, -0.05) is 26.2 Å². The number of nitrogens with one attached hydrogen (secondary N) is 2. The number of rotatable bonds is 10. The van der Waals surface area contributed by atoms with E-state index in [-0.39, 0.29) is 5.54 Å². The molecule has 0 heterocycles. The molecule has 0 fully saturated rings. The highest BCUT2D eigenvalue weighted by Gasteiger charge is 2.06. The van der Waals surface area contributed by atoms with Gasteiger partial charge in [-0.3, -0.25) is 0 Å². The fourth-order valence-corrected chi connectivity index (χ4v) is 2.03. The van der Waals surface area contributed by atoms with Crippen LogP contribution in [0.4, 0.5) is 5.69 Å². The second-order valence-corrected chi connectivity index (χ2v) is 6.54. The Labute approximate surface area is 130 Å². The summed E-state index contributed by atoms with van der Waals surface area (Å²) in [6, 6.07) is 8.25. The van der Waals surface area contributed by atoms with E-state index in [9.17, 15) is 0 Å². The minimum Gasteiger partial charge on any atom is -0.494 e. The van der Waals surface area contributed by atoms with Crippen molar-refractivity contribution in [3.8, 4) is 5.75 Å². The van der Waals surface area contributed by atoms with Crippen LogP contribution in [0.2, 0.25) is 0 Å². The molecular formula is C18H32N2O. The summed E-state index contributed by atoms with van der Waals surface area (Å²) in [7, 11) is 0. The highest BCUT2D eigenvalue weighted by atomic mass is 16.5. The largest absolute Gasteiger partial charge is 0.494 e. The van der Waals surface area contributed by atoms with Crippen LogP contribution in [0.3, 0.4) is 0 Å². The van der Waals surface area contributed by atoms with Gasteiger partial charge >= 0.3 is 0 Å². The van der Waals surface area contributed by atoms with Crippen LogP contribution >= 0.6 is 0 Å². The highest BCUT2D eigenvalue weighted by Crippen LogP contribution is 2.16. The summed E-state index contributed by atoms with van der Waals surface area (Å²) < 4.78 is 5.74. The van der Waals surface area contributed by atoms with Gasteiger partial charge in [-0.05, 0) is 51.5 Å². The summed E-state index contributed by atoms with van der Waals surface area (Å²) in [6.07, 6.45) is 4.97. The van der Waals surface area contributed by atoms with E-state index < -0.39 is 0 Å². The van der Waals surface area contributed by atoms with Crippen molar-refractivity contribution in [2.75, 3.05) is 25.0 Å². The number of hydrogen-bond acceptors (Lipinski definition) is 3. The molecule has 0 spiro atoms. The third-order valence-corrected chi connectivity index (χ3v) is 3.23. The first kappa shape index (κ1) is 17.8. The molecule has 0 saturated carbocycles. The van der Waals surface area contributed by atoms with Gasteiger partial charge in [0.25, 0.3) is 0 Å². The molecule has 0 atom stereocenters. The molecular weight excluding hydrogens is 260 g/mol. The molecule has 0 bridgehead atoms. The van der Waals surface area contributed by atoms with E-state index in [4.69, 9.17) is 4.74 Å². The van der Waals surface area contributed by atoms with E-state index in [0.29, 0.717) is 0 Å². The van der Waals surface area contributed by atoms with Crippen molar-refractivity contribution in [3.05, 3.63) is 24.3 Å². The first-order valence-corrected chi connectivity index (χ1v) is 8.23. The molecule has 0 aromatic heterocycles. The summed E-state index contributed by atoms with van der Waals surface area (Å²) in [6.45, 7) is 11.5. The van der Waals surface area contributed by atoms with Crippen molar-refractivity contribution in [1.29, 1.82) is 0 Å². The molecule has 1 rings (SSSR count). The van der Waals surface area contributed by atoms with Gasteiger partial charge in [-0.25, -0.2) is 0 Å². The first-order chi connectivity index (χ1) is 10.0. The van der Waals surface area contributed by atoms with Gasteiger partial charge in [-0.2, -0.15) is 0 Å². The number of hydrogen-bond donors (Lipinski definition) is 2. The molecule has 0 radical (unpaired) electrons. The second-order valence-electron chi connectivity index (χ2n) is 6.54. The molecule has 0 unspecified atom stereocenters. The minimum absolute atomic E-state index is 0.178. The lowest BCUT2D eigenvalue weighted by atomic mass is 10.1. The summed E-state index contributed by atoms with van der Waals surface area (Å²) in [5.41, 5.74) is 1.32. The normalized spacial score (nSPS) is 11.4. The Morgan fingerprint density at radius 3 is 2.29 bits per heavy atom. The molecule has 21 heavy (non-hydrogen) atoms. The standard InChI is InChI=1S/C18H32N2O/c1-5-6-7-8-15-21-17-11-9-16(10-12-17)19-13-14-20-18(2,3)4/h9-12,19-20H,5-8,13-15H2,1-4H3. The maximum atomic E-state index is 5.74. The fraction of sp³-hybridized carbons (Fsp3) is 0.667. The summed E-state index contributed by atoms with van der Waals surface area (Å²) in [5, 5.41) is 6.87. The van der Waals surface area contributed by atoms with Crippen molar-refractivity contribution < 1.29 is 4.74 Å². The Balaban J connectivity index is 2.18. The topological polar surface area (TPSA) is 33.3 Å². The molecule has 1 aromatic carbocycles. The molecule has 0 amide bonds. The average Bonchev–Trinajstić information content (AvgIpc) is 2.44. The van der Waals surface area contributed by atoms with Crippen LogP contribution in [0.25, 0.3) is 0 Å². The molecule has 2 N–H and O–H groups in total. The van der Waals surface area contributed by atoms with E-state index >= 15 is 0 Å². The SMILES string of the molecule is CCCCCCOc1ccc(NCCNC(C)(C)C)cc1. The van der Waals surface area contributed by atoms with Crippen molar-refractivity contribution >= 4 is 5.69 Å². The Morgan fingerprint density at radius 1 is 0.952 bits per heavy atom. The van der Waals surface area contributed by atoms with E-state index in [1.165, 1.54) is 19.3 Å². The van der Waals surface area contributed by atoms with Crippen molar-refractivity contribution in [2.24, 2.45) is 0 Å². The van der Waals surface area contributed by atoms with Crippen molar-refractivity contribution in [3.63, 3.8) is 0 Å². The van der Waals surface area contributed by atoms with E-state index in [1.807, 2.05) is 12.1 Å². The van der Waals surface area contributed by atoms with Gasteiger partial charge in [-0.15, -0.1) is 0 Å². The molecule has 1 aromatic rings. The molecule has 0 aliphatic carbocycles. The summed E-state index contributed by atoms with van der Waals surface area (Å²) >= 11 is 0. The third kappa shape index (κ3) is 9.35. The van der Waals surface area contributed by atoms with Crippen LogP contribution in [0, 0.1) is 0 Å². The zero-order valence-electron chi connectivity index (χ0n) is 14.2. The van der Waals surface area contributed by atoms with Gasteiger partial charge in [0.1, 0.15) is 5.75 Å². The van der Waals surface area contributed by atoms with E-state index in [2.05, 4.69) is 50.5 Å². The Kier molecular flexibility index (Phi) is 8.21. The third-order valence-electron chi connectivity index (χ3n) is 3.23. The number of unbranched alkanes of at least 4 members (excludes halogenated alkanes) is 3. The quantitative estimate of drug-likeness (QED) is 0.625. The number of benzene rings is 1. The van der Waals surface area contributed by atoms with Gasteiger partial charge in [0.15, 0.2) is 0 Å². The van der Waals surface area contributed by atoms with E-state index in [0.717, 1.165) is 37.6 Å². The zero-order chi connectivity index (χ0) is 15.6. The average molecular weight is 292 g/mol. The first-order valence-electron chi connectivity index (χ1n) is 8.23. The van der Waals surface area contributed by atoms with Gasteiger partial charge in [0.05, 0.1) is 6.61 Å². The maximum Gasteiger partial charge on any atom is 0.119 e. The van der Waals surface area contributed by atoms with Crippen molar-refractivity contribution in [1.82, 2.24) is 5.32 Å². The highest BCUT2D eigenvalue weighted by molar-refractivity contribution is 5.46. The van der Waals surface area contributed by atoms with Gasteiger partial charge in [0, 0.05) is 24.3 Å².